The molecule has 0 amide bonds. The fourth-order valence-corrected chi connectivity index (χ4v) is 1.30. The van der Waals surface area contributed by atoms with E-state index in [-0.39, 0.29) is 6.04 Å². The van der Waals surface area contributed by atoms with Crippen LogP contribution in [0.2, 0.25) is 0 Å². The van der Waals surface area contributed by atoms with Crippen LogP contribution in [0.1, 0.15) is 20.3 Å². The van der Waals surface area contributed by atoms with Crippen molar-refractivity contribution in [2.45, 2.75) is 32.4 Å². The molecule has 3 atom stereocenters. The molecule has 1 aliphatic rings. The van der Waals surface area contributed by atoms with Crippen LogP contribution in [-0.2, 0) is 4.79 Å². The third-order valence-corrected chi connectivity index (χ3v) is 2.22. The van der Waals surface area contributed by atoms with Crippen molar-refractivity contribution < 1.29 is 9.90 Å². The van der Waals surface area contributed by atoms with E-state index in [9.17, 15) is 4.79 Å². The Morgan fingerprint density at radius 2 is 2.20 bits per heavy atom. The molecule has 3 nitrogen and oxygen atoms in total. The molecule has 0 bridgehead atoms. The van der Waals surface area contributed by atoms with E-state index >= 15 is 0 Å². The van der Waals surface area contributed by atoms with E-state index in [1.807, 2.05) is 6.92 Å². The summed E-state index contributed by atoms with van der Waals surface area (Å²) in [5.74, 6) is -0.239. The fourth-order valence-electron chi connectivity index (χ4n) is 1.30. The number of hydrogen-bond donors (Lipinski definition) is 2. The minimum absolute atomic E-state index is 0.315. The molecule has 58 valence electrons. The van der Waals surface area contributed by atoms with Crippen molar-refractivity contribution in [2.75, 3.05) is 0 Å². The minimum Gasteiger partial charge on any atom is -0.480 e. The molecule has 0 unspecified atom stereocenters. The van der Waals surface area contributed by atoms with E-state index < -0.39 is 5.97 Å². The Labute approximate surface area is 60.4 Å². The third-order valence-electron chi connectivity index (χ3n) is 2.22. The first-order valence-electron chi connectivity index (χ1n) is 3.60. The molecule has 1 fully saturated rings. The van der Waals surface area contributed by atoms with Gasteiger partial charge in [-0.25, -0.2) is 0 Å². The molecule has 0 aromatic carbocycles. The number of rotatable bonds is 1. The first-order valence-corrected chi connectivity index (χ1v) is 3.60. The summed E-state index contributed by atoms with van der Waals surface area (Å²) in [5, 5.41) is 11.6. The summed E-state index contributed by atoms with van der Waals surface area (Å²) in [6.45, 7) is 4.09. The minimum atomic E-state index is -0.726. The summed E-state index contributed by atoms with van der Waals surface area (Å²) in [5.41, 5.74) is 0. The quantitative estimate of drug-likeness (QED) is 0.560. The first-order chi connectivity index (χ1) is 4.61. The second-order valence-electron chi connectivity index (χ2n) is 3.06. The van der Waals surface area contributed by atoms with Crippen molar-refractivity contribution >= 4 is 5.97 Å². The number of nitrogens with one attached hydrogen (secondary N) is 1. The largest absolute Gasteiger partial charge is 0.480 e. The van der Waals surface area contributed by atoms with Crippen LogP contribution in [0.5, 0.6) is 0 Å². The number of carbonyl (C=O) groups is 1. The van der Waals surface area contributed by atoms with Gasteiger partial charge in [0.1, 0.15) is 6.04 Å². The van der Waals surface area contributed by atoms with Crippen molar-refractivity contribution in [1.29, 1.82) is 0 Å². The monoisotopic (exact) mass is 143 g/mol. The van der Waals surface area contributed by atoms with E-state index in [1.165, 1.54) is 0 Å². The lowest BCUT2D eigenvalue weighted by Gasteiger charge is -2.06. The highest BCUT2D eigenvalue weighted by Gasteiger charge is 2.31. The van der Waals surface area contributed by atoms with Gasteiger partial charge >= 0.3 is 5.97 Å². The maximum atomic E-state index is 10.4. The summed E-state index contributed by atoms with van der Waals surface area (Å²) in [6.07, 6.45) is 0.760. The Hall–Kier alpha value is -0.570. The molecule has 1 rings (SSSR count). The van der Waals surface area contributed by atoms with Gasteiger partial charge in [-0.1, -0.05) is 6.92 Å². The van der Waals surface area contributed by atoms with Crippen LogP contribution in [0.4, 0.5) is 0 Å². The zero-order valence-electron chi connectivity index (χ0n) is 6.29. The van der Waals surface area contributed by atoms with E-state index in [1.54, 1.807) is 0 Å². The van der Waals surface area contributed by atoms with Gasteiger partial charge in [0.2, 0.25) is 0 Å². The van der Waals surface area contributed by atoms with E-state index in [2.05, 4.69) is 12.2 Å². The van der Waals surface area contributed by atoms with Crippen molar-refractivity contribution in [3.63, 3.8) is 0 Å². The Bertz CT molecular complexity index is 137. The second-order valence-corrected chi connectivity index (χ2v) is 3.06. The standard InChI is InChI=1S/C7H13NO2/c1-4-3-6(7(9)10)8-5(4)2/h4-6,8H,3H2,1-2H3,(H,9,10)/t4-,5-,6-/m0/s1. The second kappa shape index (κ2) is 2.58. The van der Waals surface area contributed by atoms with E-state index in [0.717, 1.165) is 6.42 Å². The van der Waals surface area contributed by atoms with Crippen LogP contribution in [0, 0.1) is 5.92 Å². The van der Waals surface area contributed by atoms with Crippen molar-refractivity contribution in [2.24, 2.45) is 5.92 Å². The van der Waals surface area contributed by atoms with Crippen LogP contribution in [0.3, 0.4) is 0 Å². The number of hydrogen-bond acceptors (Lipinski definition) is 2. The molecular weight excluding hydrogens is 130 g/mol. The van der Waals surface area contributed by atoms with Gasteiger partial charge in [0.25, 0.3) is 0 Å². The maximum Gasteiger partial charge on any atom is 0.320 e. The molecule has 3 heteroatoms. The number of carboxylic acids is 1. The third kappa shape index (κ3) is 1.29. The molecule has 2 N–H and O–H groups in total. The van der Waals surface area contributed by atoms with E-state index in [0.29, 0.717) is 12.0 Å². The van der Waals surface area contributed by atoms with Crippen molar-refractivity contribution in [1.82, 2.24) is 5.32 Å². The highest BCUT2D eigenvalue weighted by atomic mass is 16.4. The van der Waals surface area contributed by atoms with Crippen molar-refractivity contribution in [3.8, 4) is 0 Å². The van der Waals surface area contributed by atoms with E-state index in [4.69, 9.17) is 5.11 Å². The molecule has 1 heterocycles. The SMILES string of the molecule is C[C@@H]1N[C@H](C(=O)O)C[C@@H]1C. The van der Waals surface area contributed by atoms with Crippen LogP contribution >= 0.6 is 0 Å². The molecule has 0 aromatic heterocycles. The van der Waals surface area contributed by atoms with Gasteiger partial charge in [0.15, 0.2) is 0 Å². The Kier molecular flexibility index (Phi) is 1.94. The Balaban J connectivity index is 2.49. The predicted octanol–water partition coefficient (Wildman–Crippen LogP) is 0.457. The predicted molar refractivity (Wildman–Crippen MR) is 37.8 cm³/mol. The molecule has 0 radical (unpaired) electrons. The topological polar surface area (TPSA) is 49.3 Å². The van der Waals surface area contributed by atoms with Gasteiger partial charge in [-0.15, -0.1) is 0 Å². The lowest BCUT2D eigenvalue weighted by Crippen LogP contribution is -2.34. The van der Waals surface area contributed by atoms with Gasteiger partial charge in [0.05, 0.1) is 0 Å². The smallest absolute Gasteiger partial charge is 0.320 e. The lowest BCUT2D eigenvalue weighted by atomic mass is 10.0. The maximum absolute atomic E-state index is 10.4. The average Bonchev–Trinajstić information content (AvgIpc) is 2.13. The number of aliphatic carboxylic acids is 1. The van der Waals surface area contributed by atoms with Gasteiger partial charge in [-0.2, -0.15) is 0 Å². The van der Waals surface area contributed by atoms with Gasteiger partial charge in [-0.05, 0) is 19.3 Å². The molecule has 0 aromatic rings. The van der Waals surface area contributed by atoms with Crippen LogP contribution in [0.25, 0.3) is 0 Å². The zero-order chi connectivity index (χ0) is 7.72. The zero-order valence-corrected chi connectivity index (χ0v) is 6.29. The molecule has 1 saturated heterocycles. The first kappa shape index (κ1) is 7.54. The van der Waals surface area contributed by atoms with Gasteiger partial charge in [0, 0.05) is 6.04 Å². The van der Waals surface area contributed by atoms with Gasteiger partial charge < -0.3 is 10.4 Å². The molecule has 0 aliphatic carbocycles. The summed E-state index contributed by atoms with van der Waals surface area (Å²) in [4.78, 5) is 10.4. The van der Waals surface area contributed by atoms with Gasteiger partial charge in [-0.3, -0.25) is 4.79 Å². The van der Waals surface area contributed by atoms with Crippen LogP contribution in [-0.4, -0.2) is 23.2 Å². The molecule has 0 saturated carbocycles. The summed E-state index contributed by atoms with van der Waals surface area (Å²) < 4.78 is 0. The Morgan fingerprint density at radius 1 is 1.60 bits per heavy atom. The summed E-state index contributed by atoms with van der Waals surface area (Å²) in [7, 11) is 0. The highest BCUT2D eigenvalue weighted by molar-refractivity contribution is 5.73. The molecule has 0 spiro atoms. The lowest BCUT2D eigenvalue weighted by molar-refractivity contribution is -0.139. The molecule has 10 heavy (non-hydrogen) atoms. The normalized spacial score (nSPS) is 40.0. The van der Waals surface area contributed by atoms with Crippen molar-refractivity contribution in [3.05, 3.63) is 0 Å². The van der Waals surface area contributed by atoms with Crippen LogP contribution in [0.15, 0.2) is 0 Å². The Morgan fingerprint density at radius 3 is 2.40 bits per heavy atom. The highest BCUT2D eigenvalue weighted by Crippen LogP contribution is 2.18. The molecular formula is C7H13NO2. The van der Waals surface area contributed by atoms with Crippen LogP contribution < -0.4 is 5.32 Å². The average molecular weight is 143 g/mol. The molecule has 1 aliphatic heterocycles. The fraction of sp³-hybridized carbons (Fsp3) is 0.857. The summed E-state index contributed by atoms with van der Waals surface area (Å²) >= 11 is 0. The number of carboxylic acid groups (broad SMARTS) is 1. The summed E-state index contributed by atoms with van der Waals surface area (Å²) in [6, 6.07) is 0.0334.